The molecule has 3 aromatic carbocycles. The van der Waals surface area contributed by atoms with Crippen molar-refractivity contribution in [2.45, 2.75) is 20.1 Å². The van der Waals surface area contributed by atoms with Gasteiger partial charge in [-0.25, -0.2) is 0 Å². The molecule has 5 heteroatoms. The molecule has 0 aliphatic heterocycles. The van der Waals surface area contributed by atoms with Crippen LogP contribution in [-0.2, 0) is 13.2 Å². The third kappa shape index (κ3) is 5.18. The second-order valence-electron chi connectivity index (χ2n) is 6.18. The standard InChI is InChI=1S/C22H21BrClNO2/c1-15-11-18(23)8-9-20(15)25-13-16-7-10-21(22(12-16)26-2)27-14-17-5-3-4-6-19(17)24/h3-12,25H,13-14H2,1-2H3. The van der Waals surface area contributed by atoms with Crippen LogP contribution < -0.4 is 14.8 Å². The summed E-state index contributed by atoms with van der Waals surface area (Å²) in [6.45, 7) is 3.18. The third-order valence-corrected chi connectivity index (χ3v) is 5.10. The first kappa shape index (κ1) is 19.6. The fourth-order valence-corrected chi connectivity index (χ4v) is 3.40. The van der Waals surface area contributed by atoms with Crippen molar-refractivity contribution >= 4 is 33.2 Å². The van der Waals surface area contributed by atoms with E-state index in [1.165, 1.54) is 5.56 Å². The van der Waals surface area contributed by atoms with Gasteiger partial charge in [0.25, 0.3) is 0 Å². The molecule has 0 saturated carbocycles. The molecule has 0 aliphatic rings. The lowest BCUT2D eigenvalue weighted by molar-refractivity contribution is 0.284. The highest BCUT2D eigenvalue weighted by molar-refractivity contribution is 9.10. The van der Waals surface area contributed by atoms with Gasteiger partial charge in [0.2, 0.25) is 0 Å². The minimum Gasteiger partial charge on any atom is -0.493 e. The molecule has 0 unspecified atom stereocenters. The Morgan fingerprint density at radius 3 is 2.56 bits per heavy atom. The molecule has 27 heavy (non-hydrogen) atoms. The van der Waals surface area contributed by atoms with E-state index in [1.807, 2.05) is 48.5 Å². The molecule has 0 radical (unpaired) electrons. The summed E-state index contributed by atoms with van der Waals surface area (Å²) in [6.07, 6.45) is 0. The molecular weight excluding hydrogens is 426 g/mol. The van der Waals surface area contributed by atoms with Gasteiger partial charge in [-0.15, -0.1) is 0 Å². The molecule has 3 nitrogen and oxygen atoms in total. The Hall–Kier alpha value is -2.17. The molecule has 1 N–H and O–H groups in total. The van der Waals surface area contributed by atoms with Crippen molar-refractivity contribution in [3.05, 3.63) is 86.8 Å². The largest absolute Gasteiger partial charge is 0.493 e. The van der Waals surface area contributed by atoms with Crippen molar-refractivity contribution in [3.8, 4) is 11.5 Å². The van der Waals surface area contributed by atoms with Crippen LogP contribution in [-0.4, -0.2) is 7.11 Å². The number of hydrogen-bond donors (Lipinski definition) is 1. The number of rotatable bonds is 7. The molecule has 0 aliphatic carbocycles. The molecule has 3 rings (SSSR count). The fraction of sp³-hybridized carbons (Fsp3) is 0.182. The lowest BCUT2D eigenvalue weighted by Crippen LogP contribution is -2.03. The van der Waals surface area contributed by atoms with E-state index in [-0.39, 0.29) is 0 Å². The number of halogens is 2. The molecule has 3 aromatic rings. The number of aryl methyl sites for hydroxylation is 1. The van der Waals surface area contributed by atoms with Crippen LogP contribution in [0.2, 0.25) is 5.02 Å². The number of anilines is 1. The summed E-state index contributed by atoms with van der Waals surface area (Å²) >= 11 is 9.68. The van der Waals surface area contributed by atoms with E-state index in [4.69, 9.17) is 21.1 Å². The maximum Gasteiger partial charge on any atom is 0.161 e. The second kappa shape index (κ2) is 9.16. The average Bonchev–Trinajstić information content (AvgIpc) is 2.67. The van der Waals surface area contributed by atoms with Crippen molar-refractivity contribution < 1.29 is 9.47 Å². The zero-order valence-corrected chi connectivity index (χ0v) is 17.6. The summed E-state index contributed by atoms with van der Waals surface area (Å²) in [7, 11) is 1.65. The Morgan fingerprint density at radius 2 is 1.81 bits per heavy atom. The first-order chi connectivity index (χ1) is 13.1. The van der Waals surface area contributed by atoms with Crippen LogP contribution in [0.25, 0.3) is 0 Å². The number of benzene rings is 3. The lowest BCUT2D eigenvalue weighted by Gasteiger charge is -2.14. The van der Waals surface area contributed by atoms with Crippen LogP contribution >= 0.6 is 27.5 Å². The van der Waals surface area contributed by atoms with E-state index in [2.05, 4.69) is 40.3 Å². The van der Waals surface area contributed by atoms with Gasteiger partial charge in [0, 0.05) is 27.3 Å². The van der Waals surface area contributed by atoms with Gasteiger partial charge in [-0.05, 0) is 54.4 Å². The Bertz CT molecular complexity index is 930. The summed E-state index contributed by atoms with van der Waals surface area (Å²) in [5.74, 6) is 1.40. The Balaban J connectivity index is 1.67. The lowest BCUT2D eigenvalue weighted by atomic mass is 10.1. The van der Waals surface area contributed by atoms with Gasteiger partial charge in [0.15, 0.2) is 11.5 Å². The highest BCUT2D eigenvalue weighted by atomic mass is 79.9. The van der Waals surface area contributed by atoms with E-state index in [9.17, 15) is 0 Å². The van der Waals surface area contributed by atoms with Gasteiger partial charge in [0.1, 0.15) is 6.61 Å². The molecule has 0 aromatic heterocycles. The smallest absolute Gasteiger partial charge is 0.161 e. The van der Waals surface area contributed by atoms with Gasteiger partial charge in [-0.3, -0.25) is 0 Å². The molecule has 0 spiro atoms. The highest BCUT2D eigenvalue weighted by Crippen LogP contribution is 2.30. The normalized spacial score (nSPS) is 10.5. The summed E-state index contributed by atoms with van der Waals surface area (Å²) in [5.41, 5.74) is 4.35. The van der Waals surface area contributed by atoms with E-state index in [0.717, 1.165) is 21.3 Å². The van der Waals surface area contributed by atoms with Crippen molar-refractivity contribution in [3.63, 3.8) is 0 Å². The average molecular weight is 447 g/mol. The number of ether oxygens (including phenoxy) is 2. The Labute approximate surface area is 173 Å². The molecule has 0 fully saturated rings. The third-order valence-electron chi connectivity index (χ3n) is 4.24. The van der Waals surface area contributed by atoms with Crippen LogP contribution in [0.3, 0.4) is 0 Å². The maximum atomic E-state index is 6.19. The molecular formula is C22H21BrClNO2. The summed E-state index contributed by atoms with van der Waals surface area (Å²) < 4.78 is 12.5. The quantitative estimate of drug-likeness (QED) is 0.443. The van der Waals surface area contributed by atoms with Gasteiger partial charge in [-0.1, -0.05) is 51.8 Å². The van der Waals surface area contributed by atoms with Crippen LogP contribution in [0.5, 0.6) is 11.5 Å². The van der Waals surface area contributed by atoms with Crippen molar-refractivity contribution in [1.82, 2.24) is 0 Å². The fourth-order valence-electron chi connectivity index (χ4n) is 2.73. The summed E-state index contributed by atoms with van der Waals surface area (Å²) in [5, 5.41) is 4.15. The van der Waals surface area contributed by atoms with E-state index in [0.29, 0.717) is 29.7 Å². The van der Waals surface area contributed by atoms with Crippen LogP contribution in [0.15, 0.2) is 65.1 Å². The summed E-state index contributed by atoms with van der Waals surface area (Å²) in [4.78, 5) is 0. The molecule has 0 saturated heterocycles. The zero-order valence-electron chi connectivity index (χ0n) is 15.3. The minimum atomic E-state index is 0.395. The van der Waals surface area contributed by atoms with Gasteiger partial charge in [-0.2, -0.15) is 0 Å². The van der Waals surface area contributed by atoms with Crippen molar-refractivity contribution in [2.75, 3.05) is 12.4 Å². The SMILES string of the molecule is COc1cc(CNc2ccc(Br)cc2C)ccc1OCc1ccccc1Cl. The van der Waals surface area contributed by atoms with E-state index < -0.39 is 0 Å². The number of methoxy groups -OCH3 is 1. The molecule has 0 amide bonds. The van der Waals surface area contributed by atoms with Gasteiger partial charge in [0.05, 0.1) is 7.11 Å². The van der Waals surface area contributed by atoms with E-state index >= 15 is 0 Å². The topological polar surface area (TPSA) is 30.5 Å². The second-order valence-corrected chi connectivity index (χ2v) is 7.50. The molecule has 0 heterocycles. The number of hydrogen-bond acceptors (Lipinski definition) is 3. The number of nitrogens with one attached hydrogen (secondary N) is 1. The van der Waals surface area contributed by atoms with E-state index in [1.54, 1.807) is 7.11 Å². The molecule has 140 valence electrons. The Morgan fingerprint density at radius 1 is 1.00 bits per heavy atom. The molecule has 0 bridgehead atoms. The first-order valence-corrected chi connectivity index (χ1v) is 9.77. The minimum absolute atomic E-state index is 0.395. The highest BCUT2D eigenvalue weighted by Gasteiger charge is 2.08. The monoisotopic (exact) mass is 445 g/mol. The summed E-state index contributed by atoms with van der Waals surface area (Å²) in [6, 6.07) is 19.8. The Kier molecular flexibility index (Phi) is 6.64. The molecule has 0 atom stereocenters. The predicted molar refractivity (Wildman–Crippen MR) is 115 cm³/mol. The van der Waals surface area contributed by atoms with Crippen LogP contribution in [0, 0.1) is 6.92 Å². The van der Waals surface area contributed by atoms with Gasteiger partial charge < -0.3 is 14.8 Å². The van der Waals surface area contributed by atoms with Crippen LogP contribution in [0.4, 0.5) is 5.69 Å². The van der Waals surface area contributed by atoms with Gasteiger partial charge >= 0.3 is 0 Å². The van der Waals surface area contributed by atoms with Crippen molar-refractivity contribution in [2.24, 2.45) is 0 Å². The van der Waals surface area contributed by atoms with Crippen LogP contribution in [0.1, 0.15) is 16.7 Å². The van der Waals surface area contributed by atoms with Crippen molar-refractivity contribution in [1.29, 1.82) is 0 Å². The predicted octanol–water partition coefficient (Wildman–Crippen LogP) is 6.61. The maximum absolute atomic E-state index is 6.19. The first-order valence-electron chi connectivity index (χ1n) is 8.60. The zero-order chi connectivity index (χ0) is 19.2.